The van der Waals surface area contributed by atoms with Crippen molar-refractivity contribution in [2.75, 3.05) is 18.5 Å². The Labute approximate surface area is 184 Å². The van der Waals surface area contributed by atoms with Crippen molar-refractivity contribution in [1.29, 1.82) is 0 Å². The number of hydrogen-bond donors (Lipinski definition) is 1. The van der Waals surface area contributed by atoms with Crippen molar-refractivity contribution < 1.29 is 14.1 Å². The Kier molecular flexibility index (Phi) is 4.72. The number of benzene rings is 1. The summed E-state index contributed by atoms with van der Waals surface area (Å²) in [7, 11) is 0. The van der Waals surface area contributed by atoms with Crippen molar-refractivity contribution in [1.82, 2.24) is 19.9 Å². The summed E-state index contributed by atoms with van der Waals surface area (Å²) in [5, 5.41) is 12.4. The maximum atomic E-state index is 13.5. The maximum absolute atomic E-state index is 13.5. The van der Waals surface area contributed by atoms with E-state index >= 15 is 0 Å². The Morgan fingerprint density at radius 3 is 2.81 bits per heavy atom. The van der Waals surface area contributed by atoms with Gasteiger partial charge in [0.15, 0.2) is 0 Å². The molecule has 1 saturated heterocycles. The largest absolute Gasteiger partial charge is 0.381 e. The number of rotatable bonds is 6. The van der Waals surface area contributed by atoms with Gasteiger partial charge in [0.25, 0.3) is 11.6 Å². The van der Waals surface area contributed by atoms with Crippen LogP contribution in [0.1, 0.15) is 41.2 Å². The van der Waals surface area contributed by atoms with E-state index in [-0.39, 0.29) is 5.91 Å². The molecule has 0 spiro atoms. The van der Waals surface area contributed by atoms with Crippen molar-refractivity contribution in [2.24, 2.45) is 5.92 Å². The number of nitrogens with zero attached hydrogens (tertiary/aromatic N) is 4. The highest BCUT2D eigenvalue weighted by atomic mass is 16.5. The fourth-order valence-corrected chi connectivity index (χ4v) is 4.27. The van der Waals surface area contributed by atoms with Crippen LogP contribution in [0, 0.1) is 5.92 Å². The predicted octanol–water partition coefficient (Wildman–Crippen LogP) is 4.25. The molecule has 8 nitrogen and oxygen atoms in total. The molecule has 1 aromatic carbocycles. The smallest absolute Gasteiger partial charge is 0.259 e. The molecule has 0 radical (unpaired) electrons. The van der Waals surface area contributed by atoms with Crippen LogP contribution in [0.2, 0.25) is 0 Å². The predicted molar refractivity (Wildman–Crippen MR) is 118 cm³/mol. The molecule has 4 heterocycles. The van der Waals surface area contributed by atoms with Crippen molar-refractivity contribution in [3.8, 4) is 11.3 Å². The third kappa shape index (κ3) is 3.56. The molecule has 1 saturated carbocycles. The Morgan fingerprint density at radius 1 is 1.16 bits per heavy atom. The van der Waals surface area contributed by atoms with Crippen molar-refractivity contribution in [3.05, 3.63) is 59.9 Å². The first-order valence-corrected chi connectivity index (χ1v) is 11.0. The number of nitrogens with one attached hydrogen (secondary N) is 1. The minimum atomic E-state index is -0.218. The van der Waals surface area contributed by atoms with Gasteiger partial charge < -0.3 is 14.6 Å². The number of aromatic nitrogens is 4. The second kappa shape index (κ2) is 7.87. The van der Waals surface area contributed by atoms with Gasteiger partial charge in [-0.2, -0.15) is 5.10 Å². The number of carbonyl (C=O) groups excluding carboxylic acids is 1. The summed E-state index contributed by atoms with van der Waals surface area (Å²) in [6.45, 7) is 2.22. The van der Waals surface area contributed by atoms with Crippen LogP contribution in [0.5, 0.6) is 0 Å². The topological polar surface area (TPSA) is 95.1 Å². The molecule has 162 valence electrons. The second-order valence-electron chi connectivity index (χ2n) is 8.53. The summed E-state index contributed by atoms with van der Waals surface area (Å²) in [6.07, 6.45) is 4.87. The van der Waals surface area contributed by atoms with E-state index in [0.29, 0.717) is 46.6 Å². The highest BCUT2D eigenvalue weighted by Crippen LogP contribution is 2.41. The number of amides is 1. The molecule has 1 aliphatic heterocycles. The number of fused-ring (bicyclic) bond motifs is 1. The number of ether oxygens (including phenoxy) is 1. The van der Waals surface area contributed by atoms with Gasteiger partial charge in [0.05, 0.1) is 23.8 Å². The van der Waals surface area contributed by atoms with Gasteiger partial charge in [-0.25, -0.2) is 9.67 Å². The lowest BCUT2D eigenvalue weighted by Crippen LogP contribution is -2.19. The number of carbonyl (C=O) groups is 1. The quantitative estimate of drug-likeness (QED) is 0.492. The van der Waals surface area contributed by atoms with Gasteiger partial charge in [0.2, 0.25) is 0 Å². The summed E-state index contributed by atoms with van der Waals surface area (Å²) < 4.78 is 12.9. The summed E-state index contributed by atoms with van der Waals surface area (Å²) in [5.74, 6) is 1.23. The van der Waals surface area contributed by atoms with E-state index in [0.717, 1.165) is 43.7 Å². The normalized spacial score (nSPS) is 18.3. The zero-order valence-electron chi connectivity index (χ0n) is 17.5. The lowest BCUT2D eigenvalue weighted by atomic mass is 10.0. The molecule has 1 atom stereocenters. The monoisotopic (exact) mass is 429 g/mol. The van der Waals surface area contributed by atoms with E-state index in [1.165, 1.54) is 0 Å². The third-order valence-electron chi connectivity index (χ3n) is 6.17. The van der Waals surface area contributed by atoms with Crippen molar-refractivity contribution in [2.45, 2.75) is 31.7 Å². The SMILES string of the molecule is O=C(Nc1ccnn1CC1CCOC1)c1cc(C2CC2)nc2onc(-c3ccccc3)c12. The average Bonchev–Trinajstić information content (AvgIpc) is 3.18. The Hall–Kier alpha value is -3.52. The summed E-state index contributed by atoms with van der Waals surface area (Å²) in [4.78, 5) is 18.2. The lowest BCUT2D eigenvalue weighted by molar-refractivity contribution is 0.102. The zero-order valence-corrected chi connectivity index (χ0v) is 17.5. The van der Waals surface area contributed by atoms with E-state index in [1.54, 1.807) is 6.20 Å². The number of hydrogen-bond acceptors (Lipinski definition) is 6. The molecule has 1 unspecified atom stereocenters. The van der Waals surface area contributed by atoms with Crippen LogP contribution in [-0.2, 0) is 11.3 Å². The highest BCUT2D eigenvalue weighted by molar-refractivity contribution is 6.14. The van der Waals surface area contributed by atoms with Crippen LogP contribution in [0.25, 0.3) is 22.4 Å². The first-order chi connectivity index (χ1) is 15.8. The summed E-state index contributed by atoms with van der Waals surface area (Å²) in [6, 6.07) is 13.4. The van der Waals surface area contributed by atoms with E-state index in [2.05, 4.69) is 20.6 Å². The van der Waals surface area contributed by atoms with Crippen LogP contribution in [0.3, 0.4) is 0 Å². The summed E-state index contributed by atoms with van der Waals surface area (Å²) >= 11 is 0. The molecule has 3 aromatic heterocycles. The minimum absolute atomic E-state index is 0.218. The lowest BCUT2D eigenvalue weighted by Gasteiger charge is -2.13. The van der Waals surface area contributed by atoms with Crippen molar-refractivity contribution >= 4 is 22.8 Å². The Balaban J connectivity index is 1.38. The number of anilines is 1. The van der Waals surface area contributed by atoms with Crippen LogP contribution >= 0.6 is 0 Å². The third-order valence-corrected chi connectivity index (χ3v) is 6.17. The van der Waals surface area contributed by atoms with E-state index < -0.39 is 0 Å². The van der Waals surface area contributed by atoms with Gasteiger partial charge >= 0.3 is 0 Å². The molecule has 0 bridgehead atoms. The average molecular weight is 429 g/mol. The molecule has 2 aliphatic rings. The Bertz CT molecular complexity index is 1270. The molecule has 8 heteroatoms. The summed E-state index contributed by atoms with van der Waals surface area (Å²) in [5.41, 5.74) is 3.31. The Morgan fingerprint density at radius 2 is 2.03 bits per heavy atom. The van der Waals surface area contributed by atoms with Crippen LogP contribution in [-0.4, -0.2) is 39.0 Å². The van der Waals surface area contributed by atoms with Crippen LogP contribution in [0.15, 0.2) is 53.2 Å². The molecular weight excluding hydrogens is 406 g/mol. The minimum Gasteiger partial charge on any atom is -0.381 e. The standard InChI is InChI=1S/C24H23N5O3/c30-23(27-20-8-10-25-29(20)13-15-9-11-31-14-15)18-12-19(16-6-7-16)26-24-21(18)22(28-32-24)17-4-2-1-3-5-17/h1-5,8,10,12,15-16H,6-7,9,11,13-14H2,(H,27,30). The number of pyridine rings is 1. The van der Waals surface area contributed by atoms with Gasteiger partial charge in [-0.15, -0.1) is 0 Å². The molecule has 32 heavy (non-hydrogen) atoms. The molecule has 1 aliphatic carbocycles. The van der Waals surface area contributed by atoms with Gasteiger partial charge in [-0.3, -0.25) is 4.79 Å². The molecule has 4 aromatic rings. The molecule has 2 fully saturated rings. The fraction of sp³-hybridized carbons (Fsp3) is 0.333. The van der Waals surface area contributed by atoms with Crippen LogP contribution < -0.4 is 5.32 Å². The first-order valence-electron chi connectivity index (χ1n) is 11.0. The second-order valence-corrected chi connectivity index (χ2v) is 8.53. The maximum Gasteiger partial charge on any atom is 0.259 e. The van der Waals surface area contributed by atoms with Crippen molar-refractivity contribution in [3.63, 3.8) is 0 Å². The van der Waals surface area contributed by atoms with Gasteiger partial charge in [-0.1, -0.05) is 35.5 Å². The fourth-order valence-electron chi connectivity index (χ4n) is 4.27. The van der Waals surface area contributed by atoms with Gasteiger partial charge in [0.1, 0.15) is 11.5 Å². The van der Waals surface area contributed by atoms with E-state index in [4.69, 9.17) is 9.26 Å². The highest BCUT2D eigenvalue weighted by Gasteiger charge is 2.29. The molecule has 1 N–H and O–H groups in total. The molecular formula is C24H23N5O3. The zero-order chi connectivity index (χ0) is 21.5. The molecule has 1 amide bonds. The molecule has 6 rings (SSSR count). The van der Waals surface area contributed by atoms with Gasteiger partial charge in [-0.05, 0) is 25.3 Å². The van der Waals surface area contributed by atoms with Gasteiger partial charge in [0, 0.05) is 42.3 Å². The van der Waals surface area contributed by atoms with E-state index in [1.807, 2.05) is 47.1 Å². The first kappa shape index (κ1) is 19.2. The van der Waals surface area contributed by atoms with E-state index in [9.17, 15) is 4.79 Å². The van der Waals surface area contributed by atoms with Crippen LogP contribution in [0.4, 0.5) is 5.82 Å².